The molecular formula is C22H30N6O2S. The molecule has 2 aliphatic rings. The van der Waals surface area contributed by atoms with Crippen molar-refractivity contribution in [3.8, 4) is 0 Å². The van der Waals surface area contributed by atoms with Crippen LogP contribution in [0.2, 0.25) is 0 Å². The molecule has 8 nitrogen and oxygen atoms in total. The Hall–Kier alpha value is -2.68. The number of pyridine rings is 1. The third-order valence-electron chi connectivity index (χ3n) is 5.91. The van der Waals surface area contributed by atoms with E-state index in [9.17, 15) is 9.59 Å². The van der Waals surface area contributed by atoms with Crippen molar-refractivity contribution in [1.29, 1.82) is 0 Å². The van der Waals surface area contributed by atoms with E-state index in [0.717, 1.165) is 37.4 Å². The lowest BCUT2D eigenvalue weighted by atomic mass is 9.96. The molecule has 4 rings (SSSR count). The van der Waals surface area contributed by atoms with Gasteiger partial charge in [0, 0.05) is 50.2 Å². The summed E-state index contributed by atoms with van der Waals surface area (Å²) < 4.78 is 0. The van der Waals surface area contributed by atoms with Gasteiger partial charge >= 0.3 is 6.03 Å². The highest BCUT2D eigenvalue weighted by Crippen LogP contribution is 2.20. The number of amides is 3. The van der Waals surface area contributed by atoms with Gasteiger partial charge in [0.05, 0.1) is 5.69 Å². The van der Waals surface area contributed by atoms with E-state index in [1.807, 2.05) is 28.5 Å². The lowest BCUT2D eigenvalue weighted by Gasteiger charge is -2.35. The predicted octanol–water partition coefficient (Wildman–Crippen LogP) is 3.27. The van der Waals surface area contributed by atoms with E-state index in [2.05, 4.69) is 25.5 Å². The summed E-state index contributed by atoms with van der Waals surface area (Å²) in [6.07, 6.45) is 8.53. The van der Waals surface area contributed by atoms with Crippen molar-refractivity contribution in [2.45, 2.75) is 51.0 Å². The molecule has 2 N–H and O–H groups in total. The summed E-state index contributed by atoms with van der Waals surface area (Å²) in [6, 6.07) is 5.97. The minimum absolute atomic E-state index is 0.151. The molecule has 1 aliphatic carbocycles. The number of carbonyl (C=O) groups is 2. The summed E-state index contributed by atoms with van der Waals surface area (Å²) in [4.78, 5) is 37.8. The van der Waals surface area contributed by atoms with Crippen LogP contribution in [0.25, 0.3) is 0 Å². The molecule has 0 bridgehead atoms. The lowest BCUT2D eigenvalue weighted by Crippen LogP contribution is -2.49. The van der Waals surface area contributed by atoms with Crippen molar-refractivity contribution in [2.24, 2.45) is 0 Å². The van der Waals surface area contributed by atoms with Gasteiger partial charge < -0.3 is 15.1 Å². The van der Waals surface area contributed by atoms with Gasteiger partial charge in [0.1, 0.15) is 5.82 Å². The Morgan fingerprint density at radius 1 is 1.10 bits per heavy atom. The molecule has 31 heavy (non-hydrogen) atoms. The predicted molar refractivity (Wildman–Crippen MR) is 122 cm³/mol. The molecule has 0 unspecified atom stereocenters. The third-order valence-corrected chi connectivity index (χ3v) is 6.72. The summed E-state index contributed by atoms with van der Waals surface area (Å²) in [6.45, 7) is 3.01. The smallest absolute Gasteiger partial charge is 0.321 e. The van der Waals surface area contributed by atoms with Gasteiger partial charge in [-0.05, 0) is 31.4 Å². The number of aryl methyl sites for hydroxylation is 1. The van der Waals surface area contributed by atoms with Crippen LogP contribution in [0.3, 0.4) is 0 Å². The molecule has 1 saturated carbocycles. The molecule has 1 saturated heterocycles. The van der Waals surface area contributed by atoms with E-state index < -0.39 is 0 Å². The Balaban J connectivity index is 1.18. The quantitative estimate of drug-likeness (QED) is 0.717. The minimum atomic E-state index is -0.186. The number of hydrogen-bond donors (Lipinski definition) is 2. The summed E-state index contributed by atoms with van der Waals surface area (Å²) in [7, 11) is 0. The van der Waals surface area contributed by atoms with Gasteiger partial charge in [-0.25, -0.2) is 14.8 Å². The summed E-state index contributed by atoms with van der Waals surface area (Å²) in [5, 5.41) is 8.37. The Kier molecular flexibility index (Phi) is 7.35. The van der Waals surface area contributed by atoms with Gasteiger partial charge in [-0.2, -0.15) is 0 Å². The van der Waals surface area contributed by atoms with E-state index in [4.69, 9.17) is 0 Å². The van der Waals surface area contributed by atoms with Gasteiger partial charge in [-0.3, -0.25) is 10.1 Å². The van der Waals surface area contributed by atoms with Crippen molar-refractivity contribution < 1.29 is 9.59 Å². The molecule has 3 heterocycles. The first-order chi connectivity index (χ1) is 15.2. The number of anilines is 2. The van der Waals surface area contributed by atoms with Crippen LogP contribution in [0.5, 0.6) is 0 Å². The highest BCUT2D eigenvalue weighted by molar-refractivity contribution is 7.13. The molecule has 0 aromatic carbocycles. The van der Waals surface area contributed by atoms with Crippen LogP contribution in [0.4, 0.5) is 15.7 Å². The SMILES string of the molecule is O=C(Nc1nc(CCC(=O)N2CCN(c3ccccn3)CC2)cs1)NC1CCCCC1. The second-order valence-electron chi connectivity index (χ2n) is 8.13. The summed E-state index contributed by atoms with van der Waals surface area (Å²) >= 11 is 1.40. The van der Waals surface area contributed by atoms with E-state index in [-0.39, 0.29) is 18.0 Å². The zero-order valence-corrected chi connectivity index (χ0v) is 18.6. The second kappa shape index (κ2) is 10.6. The molecule has 166 valence electrons. The Morgan fingerprint density at radius 3 is 2.65 bits per heavy atom. The first-order valence-corrected chi connectivity index (χ1v) is 12.0. The fraction of sp³-hybridized carbons (Fsp3) is 0.545. The highest BCUT2D eigenvalue weighted by Gasteiger charge is 2.22. The molecule has 9 heteroatoms. The molecule has 0 spiro atoms. The molecular weight excluding hydrogens is 412 g/mol. The molecule has 2 fully saturated rings. The topological polar surface area (TPSA) is 90.5 Å². The minimum Gasteiger partial charge on any atom is -0.353 e. The van der Waals surface area contributed by atoms with E-state index in [1.54, 1.807) is 6.20 Å². The number of thiazole rings is 1. The zero-order chi connectivity index (χ0) is 21.5. The van der Waals surface area contributed by atoms with E-state index in [1.165, 1.54) is 30.6 Å². The Labute approximate surface area is 187 Å². The van der Waals surface area contributed by atoms with Crippen molar-refractivity contribution in [2.75, 3.05) is 36.4 Å². The van der Waals surface area contributed by atoms with Crippen LogP contribution in [0.1, 0.15) is 44.2 Å². The fourth-order valence-electron chi connectivity index (χ4n) is 4.16. The number of nitrogens with one attached hydrogen (secondary N) is 2. The third kappa shape index (κ3) is 6.16. The van der Waals surface area contributed by atoms with Gasteiger partial charge in [-0.15, -0.1) is 11.3 Å². The summed E-state index contributed by atoms with van der Waals surface area (Å²) in [5.74, 6) is 1.11. The zero-order valence-electron chi connectivity index (χ0n) is 17.8. The average molecular weight is 443 g/mol. The summed E-state index contributed by atoms with van der Waals surface area (Å²) in [5.41, 5.74) is 0.846. The normalized spacial score (nSPS) is 17.4. The van der Waals surface area contributed by atoms with E-state index in [0.29, 0.717) is 31.1 Å². The largest absolute Gasteiger partial charge is 0.353 e. The number of rotatable bonds is 6. The molecule has 0 radical (unpaired) electrons. The van der Waals surface area contributed by atoms with Gasteiger partial charge in [-0.1, -0.05) is 25.3 Å². The van der Waals surface area contributed by atoms with Gasteiger partial charge in [0.25, 0.3) is 0 Å². The maximum Gasteiger partial charge on any atom is 0.321 e. The highest BCUT2D eigenvalue weighted by atomic mass is 32.1. The second-order valence-corrected chi connectivity index (χ2v) is 8.99. The number of nitrogens with zero attached hydrogens (tertiary/aromatic N) is 4. The maximum atomic E-state index is 12.6. The van der Waals surface area contributed by atoms with Crippen molar-refractivity contribution in [1.82, 2.24) is 20.2 Å². The number of hydrogen-bond acceptors (Lipinski definition) is 6. The molecule has 0 atom stereocenters. The average Bonchev–Trinajstić information content (AvgIpc) is 3.26. The van der Waals surface area contributed by atoms with Crippen LogP contribution in [-0.2, 0) is 11.2 Å². The first-order valence-electron chi connectivity index (χ1n) is 11.1. The van der Waals surface area contributed by atoms with Crippen molar-refractivity contribution >= 4 is 34.2 Å². The first kappa shape index (κ1) is 21.5. The lowest BCUT2D eigenvalue weighted by molar-refractivity contribution is -0.131. The molecule has 3 amide bonds. The number of carbonyl (C=O) groups excluding carboxylic acids is 2. The number of piperazine rings is 1. The molecule has 2 aromatic rings. The van der Waals surface area contributed by atoms with E-state index >= 15 is 0 Å². The maximum absolute atomic E-state index is 12.6. The molecule has 1 aliphatic heterocycles. The monoisotopic (exact) mass is 442 g/mol. The van der Waals surface area contributed by atoms with Crippen LogP contribution in [-0.4, -0.2) is 59.0 Å². The van der Waals surface area contributed by atoms with Gasteiger partial charge in [0.15, 0.2) is 5.13 Å². The molecule has 2 aromatic heterocycles. The Morgan fingerprint density at radius 2 is 1.90 bits per heavy atom. The number of urea groups is 1. The standard InChI is InChI=1S/C22H30N6O2S/c29-20(28-14-12-27(13-15-28)19-8-4-5-11-23-19)10-9-18-16-31-22(25-18)26-21(30)24-17-6-2-1-3-7-17/h4-5,8,11,16-17H,1-3,6-7,9-10,12-15H2,(H2,24,25,26,30). The van der Waals surface area contributed by atoms with Crippen LogP contribution in [0, 0.1) is 0 Å². The van der Waals surface area contributed by atoms with Crippen LogP contribution >= 0.6 is 11.3 Å². The van der Waals surface area contributed by atoms with Gasteiger partial charge in [0.2, 0.25) is 5.91 Å². The van der Waals surface area contributed by atoms with Crippen LogP contribution in [0.15, 0.2) is 29.8 Å². The van der Waals surface area contributed by atoms with Crippen LogP contribution < -0.4 is 15.5 Å². The number of aromatic nitrogens is 2. The van der Waals surface area contributed by atoms with Crippen molar-refractivity contribution in [3.63, 3.8) is 0 Å². The Bertz CT molecular complexity index is 860. The van der Waals surface area contributed by atoms with Crippen molar-refractivity contribution in [3.05, 3.63) is 35.5 Å². The fourth-order valence-corrected chi connectivity index (χ4v) is 4.90.